The van der Waals surface area contributed by atoms with Crippen LogP contribution in [0.5, 0.6) is 0 Å². The van der Waals surface area contributed by atoms with Gasteiger partial charge in [0.25, 0.3) is 0 Å². The van der Waals surface area contributed by atoms with Gasteiger partial charge in [0.2, 0.25) is 5.82 Å². The van der Waals surface area contributed by atoms with Gasteiger partial charge in [-0.05, 0) is 40.0 Å². The van der Waals surface area contributed by atoms with E-state index in [9.17, 15) is 14.5 Å². The van der Waals surface area contributed by atoms with Crippen molar-refractivity contribution in [2.24, 2.45) is 0 Å². The third-order valence-electron chi connectivity index (χ3n) is 3.44. The van der Waals surface area contributed by atoms with Crippen molar-refractivity contribution < 1.29 is 9.31 Å². The zero-order chi connectivity index (χ0) is 15.0. The number of hydrogen-bond donors (Lipinski definition) is 1. The normalized spacial score (nSPS) is 20.1. The molecule has 0 saturated heterocycles. The van der Waals surface area contributed by atoms with Gasteiger partial charge in [0, 0.05) is 28.7 Å². The Bertz CT molecular complexity index is 693. The van der Waals surface area contributed by atoms with Gasteiger partial charge in [0.1, 0.15) is 5.82 Å². The lowest BCUT2D eigenvalue weighted by Crippen LogP contribution is -2.08. The minimum absolute atomic E-state index is 0.0610. The number of hydrogen-bond acceptors (Lipinski definition) is 4. The molecule has 1 heterocycles. The van der Waals surface area contributed by atoms with Gasteiger partial charge in [0.15, 0.2) is 0 Å². The number of nitrogens with zero attached hydrogens (tertiary/aromatic N) is 2. The number of pyridine rings is 1. The van der Waals surface area contributed by atoms with E-state index in [0.29, 0.717) is 4.47 Å². The molecule has 5 nitrogen and oxygen atoms in total. The number of anilines is 1. The number of benzene rings is 1. The molecule has 2 aromatic rings. The molecule has 21 heavy (non-hydrogen) atoms. The molecule has 7 heteroatoms. The van der Waals surface area contributed by atoms with Crippen LogP contribution in [0, 0.1) is 15.9 Å². The lowest BCUT2D eigenvalue weighted by Gasteiger charge is -2.06. The molecule has 1 aliphatic rings. The number of nitro groups is 1. The highest BCUT2D eigenvalue weighted by Crippen LogP contribution is 2.43. The summed E-state index contributed by atoms with van der Waals surface area (Å²) in [5.41, 5.74) is 0.961. The smallest absolute Gasteiger partial charge is 0.312 e. The van der Waals surface area contributed by atoms with Crippen molar-refractivity contribution in [1.29, 1.82) is 0 Å². The van der Waals surface area contributed by atoms with Crippen LogP contribution < -0.4 is 5.32 Å². The van der Waals surface area contributed by atoms with E-state index in [2.05, 4.69) is 26.2 Å². The maximum atomic E-state index is 12.9. The van der Waals surface area contributed by atoms with Crippen molar-refractivity contribution in [3.8, 4) is 0 Å². The molecule has 0 bridgehead atoms. The van der Waals surface area contributed by atoms with E-state index in [-0.39, 0.29) is 29.3 Å². The first-order valence-corrected chi connectivity index (χ1v) is 7.16. The summed E-state index contributed by atoms with van der Waals surface area (Å²) in [7, 11) is 0. The van der Waals surface area contributed by atoms with E-state index >= 15 is 0 Å². The summed E-state index contributed by atoms with van der Waals surface area (Å²) in [5, 5.41) is 14.1. The number of rotatable bonds is 4. The van der Waals surface area contributed by atoms with Gasteiger partial charge >= 0.3 is 5.69 Å². The summed E-state index contributed by atoms with van der Waals surface area (Å²) in [6.07, 6.45) is 2.37. The molecule has 1 aromatic carbocycles. The first kappa shape index (κ1) is 13.9. The fraction of sp³-hybridized carbons (Fsp3) is 0.214. The topological polar surface area (TPSA) is 68.1 Å². The second-order valence-corrected chi connectivity index (χ2v) is 5.84. The standard InChI is InChI=1S/C14H11BrFN3O2/c15-9-5-13(19(20)21)14(17-7-9)18-12-6-11(12)8-1-3-10(16)4-2-8/h1-5,7,11-12H,6H2,(H,17,18)/t11-,12+/m0/s1. The van der Waals surface area contributed by atoms with Gasteiger partial charge in [-0.15, -0.1) is 0 Å². The van der Waals surface area contributed by atoms with Crippen LogP contribution in [0.4, 0.5) is 15.9 Å². The highest BCUT2D eigenvalue weighted by atomic mass is 79.9. The highest BCUT2D eigenvalue weighted by molar-refractivity contribution is 9.10. The molecule has 108 valence electrons. The van der Waals surface area contributed by atoms with E-state index < -0.39 is 4.92 Å². The fourth-order valence-corrected chi connectivity index (χ4v) is 2.61. The van der Waals surface area contributed by atoms with Crippen LogP contribution in [-0.4, -0.2) is 15.9 Å². The molecule has 0 spiro atoms. The van der Waals surface area contributed by atoms with Gasteiger partial charge in [-0.25, -0.2) is 9.37 Å². The fourth-order valence-electron chi connectivity index (χ4n) is 2.29. The van der Waals surface area contributed by atoms with Gasteiger partial charge in [-0.2, -0.15) is 0 Å². The van der Waals surface area contributed by atoms with E-state index in [4.69, 9.17) is 0 Å². The summed E-state index contributed by atoms with van der Waals surface area (Å²) in [6, 6.07) is 7.83. The summed E-state index contributed by atoms with van der Waals surface area (Å²) in [6.45, 7) is 0. The molecular weight excluding hydrogens is 341 g/mol. The highest BCUT2D eigenvalue weighted by Gasteiger charge is 2.39. The molecule has 1 saturated carbocycles. The Hall–Kier alpha value is -2.02. The first-order chi connectivity index (χ1) is 10.0. The van der Waals surface area contributed by atoms with E-state index in [1.807, 2.05) is 0 Å². The summed E-state index contributed by atoms with van der Waals surface area (Å²) in [4.78, 5) is 14.6. The first-order valence-electron chi connectivity index (χ1n) is 6.36. The van der Waals surface area contributed by atoms with E-state index in [1.165, 1.54) is 24.4 Å². The largest absolute Gasteiger partial charge is 0.361 e. The molecular formula is C14H11BrFN3O2. The lowest BCUT2D eigenvalue weighted by molar-refractivity contribution is -0.384. The predicted molar refractivity (Wildman–Crippen MR) is 79.8 cm³/mol. The maximum absolute atomic E-state index is 12.9. The minimum Gasteiger partial charge on any atom is -0.361 e. The van der Waals surface area contributed by atoms with Gasteiger partial charge in [-0.1, -0.05) is 12.1 Å². The molecule has 0 aliphatic heterocycles. The Morgan fingerprint density at radius 3 is 2.76 bits per heavy atom. The summed E-state index contributed by atoms with van der Waals surface area (Å²) < 4.78 is 13.4. The third kappa shape index (κ3) is 3.02. The lowest BCUT2D eigenvalue weighted by atomic mass is 10.1. The Kier molecular flexibility index (Phi) is 3.59. The van der Waals surface area contributed by atoms with Crippen molar-refractivity contribution in [2.75, 3.05) is 5.32 Å². The van der Waals surface area contributed by atoms with E-state index in [1.54, 1.807) is 12.1 Å². The van der Waals surface area contributed by atoms with Crippen LogP contribution in [0.1, 0.15) is 17.9 Å². The quantitative estimate of drug-likeness (QED) is 0.670. The molecule has 2 atom stereocenters. The summed E-state index contributed by atoms with van der Waals surface area (Å²) >= 11 is 3.17. The van der Waals surface area contributed by atoms with Crippen LogP contribution in [0.2, 0.25) is 0 Å². The van der Waals surface area contributed by atoms with Crippen molar-refractivity contribution in [3.05, 3.63) is 62.5 Å². The van der Waals surface area contributed by atoms with Crippen molar-refractivity contribution in [1.82, 2.24) is 4.98 Å². The average molecular weight is 352 g/mol. The maximum Gasteiger partial charge on any atom is 0.312 e. The van der Waals surface area contributed by atoms with Gasteiger partial charge in [0.05, 0.1) is 4.92 Å². The molecule has 0 radical (unpaired) electrons. The van der Waals surface area contributed by atoms with Crippen molar-refractivity contribution in [2.45, 2.75) is 18.4 Å². The molecule has 1 fully saturated rings. The van der Waals surface area contributed by atoms with Gasteiger partial charge in [-0.3, -0.25) is 10.1 Å². The Labute approximate surface area is 128 Å². The second kappa shape index (κ2) is 5.40. The molecule has 0 amide bonds. The van der Waals surface area contributed by atoms with Crippen molar-refractivity contribution in [3.63, 3.8) is 0 Å². The number of halogens is 2. The van der Waals surface area contributed by atoms with Crippen molar-refractivity contribution >= 4 is 27.4 Å². The molecule has 3 rings (SSSR count). The SMILES string of the molecule is O=[N+]([O-])c1cc(Br)cnc1N[C@@H]1C[C@H]1c1ccc(F)cc1. The zero-order valence-electron chi connectivity index (χ0n) is 10.8. The second-order valence-electron chi connectivity index (χ2n) is 4.92. The molecule has 1 N–H and O–H groups in total. The van der Waals surface area contributed by atoms with Crippen LogP contribution >= 0.6 is 15.9 Å². The summed E-state index contributed by atoms with van der Waals surface area (Å²) in [5.74, 6) is 0.225. The zero-order valence-corrected chi connectivity index (χ0v) is 12.4. The minimum atomic E-state index is -0.463. The monoisotopic (exact) mass is 351 g/mol. The van der Waals surface area contributed by atoms with Crippen LogP contribution in [-0.2, 0) is 0 Å². The van der Waals surface area contributed by atoms with Crippen LogP contribution in [0.3, 0.4) is 0 Å². The van der Waals surface area contributed by atoms with Gasteiger partial charge < -0.3 is 5.32 Å². The molecule has 1 aliphatic carbocycles. The Morgan fingerprint density at radius 1 is 1.38 bits per heavy atom. The van der Waals surface area contributed by atoms with E-state index in [0.717, 1.165) is 12.0 Å². The Morgan fingerprint density at radius 2 is 2.10 bits per heavy atom. The van der Waals surface area contributed by atoms with Crippen LogP contribution in [0.25, 0.3) is 0 Å². The number of aromatic nitrogens is 1. The average Bonchev–Trinajstić information content (AvgIpc) is 3.20. The third-order valence-corrected chi connectivity index (χ3v) is 3.88. The predicted octanol–water partition coefficient (Wildman–Crippen LogP) is 3.86. The Balaban J connectivity index is 1.74. The molecule has 1 aromatic heterocycles. The molecule has 0 unspecified atom stereocenters. The number of nitrogens with one attached hydrogen (secondary N) is 1. The van der Waals surface area contributed by atoms with Crippen LogP contribution in [0.15, 0.2) is 41.0 Å².